The van der Waals surface area contributed by atoms with Gasteiger partial charge in [-0.1, -0.05) is 11.6 Å². The molecule has 1 aliphatic heterocycles. The van der Waals surface area contributed by atoms with Gasteiger partial charge in [0.25, 0.3) is 5.56 Å². The predicted molar refractivity (Wildman–Crippen MR) is 104 cm³/mol. The number of fused-ring (bicyclic) bond motifs is 1. The van der Waals surface area contributed by atoms with Crippen LogP contribution < -0.4 is 5.56 Å². The summed E-state index contributed by atoms with van der Waals surface area (Å²) in [6.07, 6.45) is 0. The normalized spacial score (nSPS) is 16.7. The van der Waals surface area contributed by atoms with E-state index in [-0.39, 0.29) is 5.56 Å². The van der Waals surface area contributed by atoms with Crippen molar-refractivity contribution in [3.8, 4) is 0 Å². The van der Waals surface area contributed by atoms with Crippen LogP contribution in [0.1, 0.15) is 16.3 Å². The van der Waals surface area contributed by atoms with Gasteiger partial charge in [-0.3, -0.25) is 19.0 Å². The smallest absolute Gasteiger partial charge is 0.259 e. The molecule has 8 heteroatoms. The number of nitrogens with zero attached hydrogens (tertiary/aromatic N) is 4. The molecule has 4 rings (SSSR count). The molecule has 5 nitrogen and oxygen atoms in total. The lowest BCUT2D eigenvalue weighted by Crippen LogP contribution is -2.45. The largest absolute Gasteiger partial charge is 0.296 e. The molecular formula is C17H19ClN4OS2. The summed E-state index contributed by atoms with van der Waals surface area (Å²) < 4.78 is 2.53. The van der Waals surface area contributed by atoms with Gasteiger partial charge in [-0.25, -0.2) is 4.98 Å². The number of thiazole rings is 1. The number of piperazine rings is 1. The molecule has 0 aliphatic carbocycles. The van der Waals surface area contributed by atoms with Gasteiger partial charge in [0.05, 0.1) is 10.0 Å². The maximum Gasteiger partial charge on any atom is 0.259 e. The van der Waals surface area contributed by atoms with E-state index >= 15 is 0 Å². The van der Waals surface area contributed by atoms with Gasteiger partial charge < -0.3 is 0 Å². The summed E-state index contributed by atoms with van der Waals surface area (Å²) >= 11 is 9.18. The van der Waals surface area contributed by atoms with Crippen molar-refractivity contribution in [1.29, 1.82) is 0 Å². The molecule has 1 fully saturated rings. The van der Waals surface area contributed by atoms with Gasteiger partial charge in [0.2, 0.25) is 0 Å². The first kappa shape index (κ1) is 17.2. The van der Waals surface area contributed by atoms with E-state index in [2.05, 4.69) is 20.9 Å². The van der Waals surface area contributed by atoms with Crippen molar-refractivity contribution < 1.29 is 0 Å². The number of hydrogen-bond acceptors (Lipinski definition) is 6. The van der Waals surface area contributed by atoms with E-state index in [1.54, 1.807) is 21.8 Å². The first-order valence-corrected chi connectivity index (χ1v) is 10.3. The second kappa shape index (κ2) is 7.17. The zero-order valence-electron chi connectivity index (χ0n) is 13.9. The Morgan fingerprint density at radius 2 is 1.88 bits per heavy atom. The lowest BCUT2D eigenvalue weighted by Gasteiger charge is -2.34. The molecule has 0 unspecified atom stereocenters. The van der Waals surface area contributed by atoms with Crippen LogP contribution in [0.2, 0.25) is 4.34 Å². The molecule has 0 amide bonds. The molecule has 0 spiro atoms. The van der Waals surface area contributed by atoms with Gasteiger partial charge in [0.1, 0.15) is 0 Å². The molecule has 0 N–H and O–H groups in total. The van der Waals surface area contributed by atoms with Crippen LogP contribution in [0.5, 0.6) is 0 Å². The van der Waals surface area contributed by atoms with Crippen molar-refractivity contribution in [3.63, 3.8) is 0 Å². The quantitative estimate of drug-likeness (QED) is 0.681. The topological polar surface area (TPSA) is 40.9 Å². The second-order valence-corrected chi connectivity index (χ2v) is 8.98. The predicted octanol–water partition coefficient (Wildman–Crippen LogP) is 3.10. The van der Waals surface area contributed by atoms with Crippen LogP contribution in [-0.4, -0.2) is 45.4 Å². The molecule has 0 aromatic carbocycles. The van der Waals surface area contributed by atoms with Crippen molar-refractivity contribution in [2.24, 2.45) is 0 Å². The Bertz CT molecular complexity index is 940. The highest BCUT2D eigenvalue weighted by molar-refractivity contribution is 7.16. The number of thiophene rings is 1. The Hall–Kier alpha value is -1.25. The number of rotatable bonds is 4. The van der Waals surface area contributed by atoms with E-state index in [1.807, 2.05) is 18.4 Å². The third-order valence-electron chi connectivity index (χ3n) is 4.49. The van der Waals surface area contributed by atoms with Gasteiger partial charge in [0.15, 0.2) is 4.96 Å². The van der Waals surface area contributed by atoms with Crippen molar-refractivity contribution in [2.75, 3.05) is 26.2 Å². The molecular weight excluding hydrogens is 376 g/mol. The van der Waals surface area contributed by atoms with E-state index in [9.17, 15) is 4.79 Å². The van der Waals surface area contributed by atoms with Crippen LogP contribution in [0.3, 0.4) is 0 Å². The lowest BCUT2D eigenvalue weighted by molar-refractivity contribution is 0.122. The number of aromatic nitrogens is 2. The Labute approximate surface area is 159 Å². The fourth-order valence-electron chi connectivity index (χ4n) is 3.17. The number of halogens is 1. The molecule has 1 saturated heterocycles. The molecule has 4 heterocycles. The molecule has 25 heavy (non-hydrogen) atoms. The fraction of sp³-hybridized carbons (Fsp3) is 0.412. The zero-order chi connectivity index (χ0) is 17.4. The summed E-state index contributed by atoms with van der Waals surface area (Å²) in [5, 5.41) is 1.98. The second-order valence-electron chi connectivity index (χ2n) is 6.34. The average molecular weight is 395 g/mol. The van der Waals surface area contributed by atoms with Gasteiger partial charge >= 0.3 is 0 Å². The van der Waals surface area contributed by atoms with E-state index in [0.29, 0.717) is 0 Å². The van der Waals surface area contributed by atoms with Crippen molar-refractivity contribution >= 4 is 39.2 Å². The van der Waals surface area contributed by atoms with E-state index in [0.717, 1.165) is 60.0 Å². The Balaban J connectivity index is 1.38. The fourth-order valence-corrected chi connectivity index (χ4v) is 5.19. The highest BCUT2D eigenvalue weighted by atomic mass is 35.5. The van der Waals surface area contributed by atoms with E-state index in [4.69, 9.17) is 11.6 Å². The van der Waals surface area contributed by atoms with E-state index < -0.39 is 0 Å². The molecule has 132 valence electrons. The summed E-state index contributed by atoms with van der Waals surface area (Å²) in [6.45, 7) is 7.66. The maximum atomic E-state index is 12.3. The molecule has 3 aromatic rings. The summed E-state index contributed by atoms with van der Waals surface area (Å²) in [4.78, 5) is 23.8. The van der Waals surface area contributed by atoms with Crippen LogP contribution in [-0.2, 0) is 13.1 Å². The lowest BCUT2D eigenvalue weighted by atomic mass is 10.2. The summed E-state index contributed by atoms with van der Waals surface area (Å²) in [6, 6.07) is 5.74. The highest BCUT2D eigenvalue weighted by Crippen LogP contribution is 2.23. The Morgan fingerprint density at radius 3 is 2.56 bits per heavy atom. The van der Waals surface area contributed by atoms with Crippen molar-refractivity contribution in [3.05, 3.63) is 54.5 Å². The minimum absolute atomic E-state index is 0.0203. The molecule has 0 atom stereocenters. The first-order chi connectivity index (χ1) is 12.1. The SMILES string of the molecule is Cc1csc2nc(CN3CCN(Cc4ccc(Cl)s4)CC3)cc(=O)n12. The maximum absolute atomic E-state index is 12.3. The van der Waals surface area contributed by atoms with Gasteiger partial charge in [-0.15, -0.1) is 22.7 Å². The molecule has 0 saturated carbocycles. The molecule has 0 radical (unpaired) electrons. The summed E-state index contributed by atoms with van der Waals surface area (Å²) in [5.41, 5.74) is 1.84. The Kier molecular flexibility index (Phi) is 4.92. The molecule has 1 aliphatic rings. The van der Waals surface area contributed by atoms with Crippen LogP contribution in [0.25, 0.3) is 4.96 Å². The van der Waals surface area contributed by atoms with E-state index in [1.165, 1.54) is 16.2 Å². The third-order valence-corrected chi connectivity index (χ3v) is 6.65. The molecule has 3 aromatic heterocycles. The Morgan fingerprint density at radius 1 is 1.16 bits per heavy atom. The minimum Gasteiger partial charge on any atom is -0.296 e. The average Bonchev–Trinajstić information content (AvgIpc) is 3.15. The monoisotopic (exact) mass is 394 g/mol. The van der Waals surface area contributed by atoms with Crippen molar-refractivity contribution in [2.45, 2.75) is 20.0 Å². The standard InChI is InChI=1S/C17H19ClN4OS2/c1-12-11-24-17-19-13(8-16(23)22(12)17)9-20-4-6-21(7-5-20)10-14-2-3-15(18)25-14/h2-3,8,11H,4-7,9-10H2,1H3. The van der Waals surface area contributed by atoms with Gasteiger partial charge in [-0.05, 0) is 19.1 Å². The minimum atomic E-state index is 0.0203. The number of aryl methyl sites for hydroxylation is 1. The van der Waals surface area contributed by atoms with Gasteiger partial charge in [0, 0.05) is 61.3 Å². The molecule has 0 bridgehead atoms. The zero-order valence-corrected chi connectivity index (χ0v) is 16.3. The van der Waals surface area contributed by atoms with Crippen LogP contribution in [0.4, 0.5) is 0 Å². The first-order valence-electron chi connectivity index (χ1n) is 8.24. The van der Waals surface area contributed by atoms with Gasteiger partial charge in [-0.2, -0.15) is 0 Å². The van der Waals surface area contributed by atoms with Crippen LogP contribution in [0.15, 0.2) is 28.4 Å². The van der Waals surface area contributed by atoms with Crippen LogP contribution in [0, 0.1) is 6.92 Å². The number of hydrogen-bond donors (Lipinski definition) is 0. The summed E-state index contributed by atoms with van der Waals surface area (Å²) in [7, 11) is 0. The van der Waals surface area contributed by atoms with Crippen LogP contribution >= 0.6 is 34.3 Å². The summed E-state index contributed by atoms with van der Waals surface area (Å²) in [5.74, 6) is 0. The highest BCUT2D eigenvalue weighted by Gasteiger charge is 2.18. The third kappa shape index (κ3) is 3.80. The van der Waals surface area contributed by atoms with Crippen molar-refractivity contribution in [1.82, 2.24) is 19.2 Å².